The van der Waals surface area contributed by atoms with Crippen molar-refractivity contribution in [3.8, 4) is 0 Å². The molecule has 220 valence electrons. The van der Waals surface area contributed by atoms with Gasteiger partial charge in [-0.15, -0.1) is 0 Å². The van der Waals surface area contributed by atoms with Gasteiger partial charge >= 0.3 is 23.9 Å². The molecule has 8 aliphatic rings. The number of carbonyl (C=O) groups excluding carboxylic acids is 4. The van der Waals surface area contributed by atoms with Gasteiger partial charge < -0.3 is 18.9 Å². The molecule has 8 nitrogen and oxygen atoms in total. The molecule has 8 rings (SSSR count). The quantitative estimate of drug-likeness (QED) is 0.336. The van der Waals surface area contributed by atoms with Crippen LogP contribution in [0.5, 0.6) is 0 Å². The molecule has 8 bridgehead atoms. The number of esters is 4. The maximum absolute atomic E-state index is 14.1. The highest BCUT2D eigenvalue weighted by atomic mass is 16.6. The first kappa shape index (κ1) is 26.8. The van der Waals surface area contributed by atoms with Crippen LogP contribution in [0.3, 0.4) is 0 Å². The van der Waals surface area contributed by atoms with Crippen LogP contribution in [0, 0.1) is 44.8 Å². The average Bonchev–Trinajstić information content (AvgIpc) is 3.33. The molecular weight excluding hydrogens is 512 g/mol. The summed E-state index contributed by atoms with van der Waals surface area (Å²) in [7, 11) is 0. The van der Waals surface area contributed by atoms with Gasteiger partial charge in [0.1, 0.15) is 12.7 Å². The molecule has 0 aromatic carbocycles. The molecule has 0 unspecified atom stereocenters. The van der Waals surface area contributed by atoms with E-state index in [1.807, 2.05) is 41.5 Å². The van der Waals surface area contributed by atoms with Crippen molar-refractivity contribution in [3.05, 3.63) is 0 Å². The first-order chi connectivity index (χ1) is 18.6. The molecule has 5 atom stereocenters. The minimum Gasteiger partial charge on any atom is -0.459 e. The summed E-state index contributed by atoms with van der Waals surface area (Å²) in [5.41, 5.74) is -5.82. The lowest BCUT2D eigenvalue weighted by molar-refractivity contribution is -0.211. The molecule has 8 fully saturated rings. The van der Waals surface area contributed by atoms with Crippen LogP contribution in [0.15, 0.2) is 0 Å². The molecule has 6 saturated carbocycles. The summed E-state index contributed by atoms with van der Waals surface area (Å²) in [5, 5.41) is 0. The second-order valence-corrected chi connectivity index (χ2v) is 16.1. The van der Waals surface area contributed by atoms with Crippen molar-refractivity contribution in [3.63, 3.8) is 0 Å². The van der Waals surface area contributed by atoms with Crippen molar-refractivity contribution in [1.29, 1.82) is 0 Å². The summed E-state index contributed by atoms with van der Waals surface area (Å²) >= 11 is 0. The lowest BCUT2D eigenvalue weighted by Gasteiger charge is -2.58. The van der Waals surface area contributed by atoms with E-state index in [2.05, 4.69) is 0 Å². The predicted molar refractivity (Wildman–Crippen MR) is 141 cm³/mol. The molecule has 2 saturated heterocycles. The van der Waals surface area contributed by atoms with E-state index in [9.17, 15) is 19.2 Å². The van der Waals surface area contributed by atoms with Gasteiger partial charge in [0.25, 0.3) is 0 Å². The van der Waals surface area contributed by atoms with E-state index in [4.69, 9.17) is 18.9 Å². The van der Waals surface area contributed by atoms with Gasteiger partial charge in [0.05, 0.1) is 10.8 Å². The third-order valence-corrected chi connectivity index (χ3v) is 14.2. The summed E-state index contributed by atoms with van der Waals surface area (Å²) in [6, 6.07) is 0. The molecule has 40 heavy (non-hydrogen) atoms. The predicted octanol–water partition coefficient (Wildman–Crippen LogP) is 4.90. The summed E-state index contributed by atoms with van der Waals surface area (Å²) in [6.45, 7) is 11.4. The largest absolute Gasteiger partial charge is 0.459 e. The van der Waals surface area contributed by atoms with Gasteiger partial charge in [0.2, 0.25) is 11.2 Å². The summed E-state index contributed by atoms with van der Waals surface area (Å²) in [6.07, 6.45) is 7.88. The number of carbonyl (C=O) groups is 4. The molecule has 8 heteroatoms. The van der Waals surface area contributed by atoms with Gasteiger partial charge in [-0.05, 0) is 95.8 Å². The molecule has 6 aliphatic carbocycles. The van der Waals surface area contributed by atoms with Crippen LogP contribution in [0.25, 0.3) is 0 Å². The van der Waals surface area contributed by atoms with Gasteiger partial charge in [-0.3, -0.25) is 9.59 Å². The Morgan fingerprint density at radius 3 is 1.52 bits per heavy atom. The third-order valence-electron chi connectivity index (χ3n) is 14.2. The standard InChI is InChI=1S/C32H44O8/c1-26(2)28(5)7-9-31(26,39-22(28)33)24(35)37-17-21(30-14-18-11-19(15-30)13-20(12-18)16-30)38-25(36)32-10-8-29(6,23(34)40-32)27(32,3)4/h18-21H,7-17H2,1-6H3/t18?,19?,20?,21-,28+,29+,30?,31-,32-/m1/s1. The Morgan fingerprint density at radius 2 is 1.15 bits per heavy atom. The van der Waals surface area contributed by atoms with Crippen LogP contribution in [0.2, 0.25) is 0 Å². The Hall–Kier alpha value is -2.12. The Morgan fingerprint density at radius 1 is 0.725 bits per heavy atom. The molecule has 0 N–H and O–H groups in total. The smallest absolute Gasteiger partial charge is 0.351 e. The molecule has 2 heterocycles. The van der Waals surface area contributed by atoms with Crippen molar-refractivity contribution in [1.82, 2.24) is 0 Å². The minimum absolute atomic E-state index is 0.0788. The SMILES string of the molecule is CC1(C)[C@@]2(C)CC[C@]1(C(=O)OC[C@@H](OC(=O)[C@@]13CC[C@@](C)(C(=O)O1)C3(C)C)C13CC4CC(CC(C4)C1)C3)OC2=O. The van der Waals surface area contributed by atoms with E-state index in [0.717, 1.165) is 19.3 Å². The molecule has 0 radical (unpaired) electrons. The van der Waals surface area contributed by atoms with Crippen molar-refractivity contribution in [2.45, 2.75) is 123 Å². The molecule has 2 aliphatic heterocycles. The second kappa shape index (κ2) is 7.63. The van der Waals surface area contributed by atoms with Crippen molar-refractivity contribution in [2.24, 2.45) is 44.8 Å². The number of ether oxygens (including phenoxy) is 4. The zero-order chi connectivity index (χ0) is 28.7. The first-order valence-electron chi connectivity index (χ1n) is 15.4. The van der Waals surface area contributed by atoms with E-state index in [1.54, 1.807) is 0 Å². The summed E-state index contributed by atoms with van der Waals surface area (Å²) in [5.74, 6) is 0.0489. The maximum Gasteiger partial charge on any atom is 0.351 e. The van der Waals surface area contributed by atoms with Crippen LogP contribution in [-0.4, -0.2) is 47.8 Å². The van der Waals surface area contributed by atoms with Gasteiger partial charge in [-0.2, -0.15) is 0 Å². The normalized spacial score (nSPS) is 49.1. The first-order valence-corrected chi connectivity index (χ1v) is 15.4. The Labute approximate surface area is 236 Å². The number of hydrogen-bond donors (Lipinski definition) is 0. The fraction of sp³-hybridized carbons (Fsp3) is 0.875. The van der Waals surface area contributed by atoms with Crippen molar-refractivity contribution in [2.75, 3.05) is 6.61 Å². The Balaban J connectivity index is 1.18. The highest BCUT2D eigenvalue weighted by Gasteiger charge is 2.78. The number of fused-ring (bicyclic) bond motifs is 4. The van der Waals surface area contributed by atoms with Crippen molar-refractivity contribution < 1.29 is 38.1 Å². The molecule has 0 spiro atoms. The van der Waals surface area contributed by atoms with Crippen LogP contribution < -0.4 is 0 Å². The fourth-order valence-electron chi connectivity index (χ4n) is 10.8. The highest BCUT2D eigenvalue weighted by molar-refractivity contribution is 5.94. The topological polar surface area (TPSA) is 105 Å². The van der Waals surface area contributed by atoms with Gasteiger partial charge in [-0.25, -0.2) is 9.59 Å². The van der Waals surface area contributed by atoms with Gasteiger partial charge in [-0.1, -0.05) is 27.7 Å². The number of hydrogen-bond acceptors (Lipinski definition) is 8. The van der Waals surface area contributed by atoms with Crippen LogP contribution in [0.1, 0.15) is 106 Å². The Bertz CT molecular complexity index is 1180. The average molecular weight is 557 g/mol. The zero-order valence-corrected chi connectivity index (χ0v) is 24.9. The molecule has 0 aromatic rings. The molecular formula is C32H44O8. The second-order valence-electron chi connectivity index (χ2n) is 16.1. The maximum atomic E-state index is 14.1. The van der Waals surface area contributed by atoms with Gasteiger partial charge in [0.15, 0.2) is 0 Å². The molecule has 0 amide bonds. The highest BCUT2D eigenvalue weighted by Crippen LogP contribution is 2.68. The van der Waals surface area contributed by atoms with Crippen LogP contribution in [0.4, 0.5) is 0 Å². The van der Waals surface area contributed by atoms with E-state index >= 15 is 0 Å². The van der Waals surface area contributed by atoms with E-state index in [-0.39, 0.29) is 24.0 Å². The van der Waals surface area contributed by atoms with Crippen molar-refractivity contribution >= 4 is 23.9 Å². The van der Waals surface area contributed by atoms with E-state index < -0.39 is 50.9 Å². The summed E-state index contributed by atoms with van der Waals surface area (Å²) in [4.78, 5) is 53.6. The number of rotatable bonds is 6. The fourth-order valence-corrected chi connectivity index (χ4v) is 10.8. The summed E-state index contributed by atoms with van der Waals surface area (Å²) < 4.78 is 24.2. The lowest BCUT2D eigenvalue weighted by atomic mass is 9.48. The molecule has 0 aromatic heterocycles. The van der Waals surface area contributed by atoms with Gasteiger partial charge in [0, 0.05) is 16.2 Å². The van der Waals surface area contributed by atoms with Crippen LogP contribution >= 0.6 is 0 Å². The zero-order valence-electron chi connectivity index (χ0n) is 24.9. The monoisotopic (exact) mass is 556 g/mol. The lowest BCUT2D eigenvalue weighted by Crippen LogP contribution is -2.57. The van der Waals surface area contributed by atoms with E-state index in [1.165, 1.54) is 19.3 Å². The Kier molecular flexibility index (Phi) is 5.10. The minimum atomic E-state index is -1.34. The van der Waals surface area contributed by atoms with E-state index in [0.29, 0.717) is 43.4 Å². The van der Waals surface area contributed by atoms with Crippen LogP contribution in [-0.2, 0) is 38.1 Å². The third kappa shape index (κ3) is 2.84.